The predicted molar refractivity (Wildman–Crippen MR) is 91.2 cm³/mol. The average Bonchev–Trinajstić information content (AvgIpc) is 3.06. The van der Waals surface area contributed by atoms with Gasteiger partial charge in [0.15, 0.2) is 0 Å². The van der Waals surface area contributed by atoms with Gasteiger partial charge in [0.1, 0.15) is 11.9 Å². The molecule has 0 aliphatic carbocycles. The fraction of sp³-hybridized carbons (Fsp3) is 0.529. The van der Waals surface area contributed by atoms with E-state index >= 15 is 0 Å². The number of nitrogens with zero attached hydrogens (tertiary/aromatic N) is 3. The summed E-state index contributed by atoms with van der Waals surface area (Å²) < 4.78 is 16.9. The van der Waals surface area contributed by atoms with Crippen molar-refractivity contribution in [2.45, 2.75) is 18.9 Å². The minimum absolute atomic E-state index is 0.226. The Morgan fingerprint density at radius 1 is 1.25 bits per heavy atom. The van der Waals surface area contributed by atoms with E-state index in [4.69, 9.17) is 13.9 Å². The maximum Gasteiger partial charge on any atom is 0.315 e. The number of likely N-dealkylation sites (tertiary alicyclic amines) is 1. The van der Waals surface area contributed by atoms with Gasteiger partial charge in [-0.25, -0.2) is 0 Å². The summed E-state index contributed by atoms with van der Waals surface area (Å²) >= 11 is 0. The second-order valence-corrected chi connectivity index (χ2v) is 5.95. The molecule has 0 atom stereocenters. The van der Waals surface area contributed by atoms with Crippen LogP contribution in [0.5, 0.6) is 5.75 Å². The topological polar surface area (TPSA) is 72.7 Å². The van der Waals surface area contributed by atoms with E-state index in [0.29, 0.717) is 25.1 Å². The molecule has 1 aliphatic rings. The minimum Gasteiger partial charge on any atom is -0.489 e. The predicted octanol–water partition coefficient (Wildman–Crippen LogP) is 2.27. The number of nitrogens with one attached hydrogen (secondary N) is 1. The number of aromatic nitrogens is 2. The van der Waals surface area contributed by atoms with E-state index < -0.39 is 0 Å². The van der Waals surface area contributed by atoms with Crippen molar-refractivity contribution in [3.8, 4) is 17.2 Å². The molecule has 3 rings (SSSR count). The Morgan fingerprint density at radius 3 is 2.83 bits per heavy atom. The van der Waals surface area contributed by atoms with E-state index in [1.807, 2.05) is 24.3 Å². The van der Waals surface area contributed by atoms with Crippen molar-refractivity contribution in [1.29, 1.82) is 0 Å². The molecule has 0 amide bonds. The molecule has 0 saturated carbocycles. The van der Waals surface area contributed by atoms with Crippen LogP contribution in [0.2, 0.25) is 0 Å². The molecule has 24 heavy (non-hydrogen) atoms. The Balaban J connectivity index is 1.69. The molecule has 0 radical (unpaired) electrons. The first-order chi connectivity index (χ1) is 11.8. The number of hydrogen-bond donors (Lipinski definition) is 1. The highest BCUT2D eigenvalue weighted by Crippen LogP contribution is 2.31. The van der Waals surface area contributed by atoms with Gasteiger partial charge in [0.2, 0.25) is 0 Å². The minimum atomic E-state index is 0.226. The van der Waals surface area contributed by atoms with Gasteiger partial charge in [0.05, 0.1) is 12.2 Å². The average molecular weight is 332 g/mol. The normalized spacial score (nSPS) is 16.2. The maximum absolute atomic E-state index is 6.20. The van der Waals surface area contributed by atoms with Crippen LogP contribution in [0.25, 0.3) is 11.5 Å². The van der Waals surface area contributed by atoms with E-state index in [1.54, 1.807) is 7.11 Å². The molecular formula is C17H24N4O3. The summed E-state index contributed by atoms with van der Waals surface area (Å²) in [7, 11) is 3.79. The van der Waals surface area contributed by atoms with Crippen molar-refractivity contribution >= 4 is 6.01 Å². The van der Waals surface area contributed by atoms with Crippen LogP contribution in [0, 0.1) is 0 Å². The third-order valence-corrected chi connectivity index (χ3v) is 4.08. The molecule has 130 valence electrons. The van der Waals surface area contributed by atoms with E-state index in [2.05, 4.69) is 27.5 Å². The first kappa shape index (κ1) is 16.7. The highest BCUT2D eigenvalue weighted by molar-refractivity contribution is 5.62. The number of para-hydroxylation sites is 1. The first-order valence-electron chi connectivity index (χ1n) is 8.27. The van der Waals surface area contributed by atoms with Gasteiger partial charge in [-0.3, -0.25) is 0 Å². The maximum atomic E-state index is 6.20. The number of benzene rings is 1. The molecule has 1 aromatic heterocycles. The molecule has 0 unspecified atom stereocenters. The van der Waals surface area contributed by atoms with Gasteiger partial charge in [-0.15, -0.1) is 5.10 Å². The molecule has 0 spiro atoms. The molecular weight excluding hydrogens is 308 g/mol. The van der Waals surface area contributed by atoms with Crippen LogP contribution in [0.1, 0.15) is 12.8 Å². The van der Waals surface area contributed by atoms with Gasteiger partial charge >= 0.3 is 6.01 Å². The second-order valence-electron chi connectivity index (χ2n) is 5.95. The van der Waals surface area contributed by atoms with Crippen molar-refractivity contribution in [3.05, 3.63) is 24.3 Å². The molecule has 1 fully saturated rings. The lowest BCUT2D eigenvalue weighted by Gasteiger charge is -2.29. The summed E-state index contributed by atoms with van der Waals surface area (Å²) in [6, 6.07) is 8.18. The number of piperidine rings is 1. The highest BCUT2D eigenvalue weighted by Gasteiger charge is 2.20. The van der Waals surface area contributed by atoms with Crippen LogP contribution in [0.4, 0.5) is 6.01 Å². The van der Waals surface area contributed by atoms with E-state index in [9.17, 15) is 0 Å². The summed E-state index contributed by atoms with van der Waals surface area (Å²) in [4.78, 5) is 2.32. The largest absolute Gasteiger partial charge is 0.489 e. The lowest BCUT2D eigenvalue weighted by atomic mass is 10.1. The fourth-order valence-electron chi connectivity index (χ4n) is 2.69. The number of rotatable bonds is 7. The smallest absolute Gasteiger partial charge is 0.315 e. The standard InChI is InChI=1S/C17H24N4O3/c1-21-10-7-13(8-11-21)23-15-6-4-3-5-14(15)16-19-20-17(24-16)18-9-12-22-2/h3-6,13H,7-12H2,1-2H3,(H,18,20). The highest BCUT2D eigenvalue weighted by atomic mass is 16.5. The van der Waals surface area contributed by atoms with Crippen molar-refractivity contribution in [2.75, 3.05) is 45.7 Å². The Labute approximate surface area is 142 Å². The van der Waals surface area contributed by atoms with Crippen LogP contribution < -0.4 is 10.1 Å². The SMILES string of the molecule is COCCNc1nnc(-c2ccccc2OC2CCN(C)CC2)o1. The molecule has 1 aliphatic heterocycles. The van der Waals surface area contributed by atoms with Gasteiger partial charge < -0.3 is 24.1 Å². The van der Waals surface area contributed by atoms with Crippen molar-refractivity contribution < 1.29 is 13.9 Å². The number of methoxy groups -OCH3 is 1. The zero-order valence-electron chi connectivity index (χ0n) is 14.2. The first-order valence-corrected chi connectivity index (χ1v) is 8.27. The van der Waals surface area contributed by atoms with Crippen LogP contribution in [0.3, 0.4) is 0 Å². The van der Waals surface area contributed by atoms with E-state index in [0.717, 1.165) is 37.2 Å². The lowest BCUT2D eigenvalue weighted by molar-refractivity contribution is 0.114. The van der Waals surface area contributed by atoms with E-state index in [-0.39, 0.29) is 6.10 Å². The van der Waals surface area contributed by atoms with Crippen molar-refractivity contribution in [2.24, 2.45) is 0 Å². The van der Waals surface area contributed by atoms with Gasteiger partial charge in [-0.05, 0) is 32.0 Å². The number of anilines is 1. The second kappa shape index (κ2) is 8.12. The van der Waals surface area contributed by atoms with Crippen LogP contribution in [0.15, 0.2) is 28.7 Å². The Bertz CT molecular complexity index is 638. The zero-order valence-corrected chi connectivity index (χ0v) is 14.2. The summed E-state index contributed by atoms with van der Waals surface area (Å²) in [6.45, 7) is 3.31. The number of ether oxygens (including phenoxy) is 2. The Hall–Kier alpha value is -2.12. The molecule has 1 aromatic carbocycles. The van der Waals surface area contributed by atoms with Gasteiger partial charge in [-0.1, -0.05) is 17.2 Å². The van der Waals surface area contributed by atoms with Gasteiger partial charge in [0, 0.05) is 26.7 Å². The summed E-state index contributed by atoms with van der Waals surface area (Å²) in [5, 5.41) is 11.2. The molecule has 7 nitrogen and oxygen atoms in total. The summed E-state index contributed by atoms with van der Waals surface area (Å²) in [6.07, 6.45) is 2.28. The molecule has 0 bridgehead atoms. The third kappa shape index (κ3) is 4.24. The summed E-state index contributed by atoms with van der Waals surface area (Å²) in [5.74, 6) is 1.25. The Morgan fingerprint density at radius 2 is 2.04 bits per heavy atom. The monoisotopic (exact) mass is 332 g/mol. The van der Waals surface area contributed by atoms with Crippen molar-refractivity contribution in [3.63, 3.8) is 0 Å². The Kier molecular flexibility index (Phi) is 5.66. The summed E-state index contributed by atoms with van der Waals surface area (Å²) in [5.41, 5.74) is 0.823. The van der Waals surface area contributed by atoms with Crippen molar-refractivity contribution in [1.82, 2.24) is 15.1 Å². The van der Waals surface area contributed by atoms with Crippen LogP contribution >= 0.6 is 0 Å². The van der Waals surface area contributed by atoms with Gasteiger partial charge in [0.25, 0.3) is 5.89 Å². The third-order valence-electron chi connectivity index (χ3n) is 4.08. The molecule has 1 saturated heterocycles. The van der Waals surface area contributed by atoms with Crippen LogP contribution in [-0.4, -0.2) is 61.6 Å². The quantitative estimate of drug-likeness (QED) is 0.780. The van der Waals surface area contributed by atoms with Gasteiger partial charge in [-0.2, -0.15) is 0 Å². The number of hydrogen-bond acceptors (Lipinski definition) is 7. The molecule has 1 N–H and O–H groups in total. The molecule has 7 heteroatoms. The van der Waals surface area contributed by atoms with Crippen LogP contribution in [-0.2, 0) is 4.74 Å². The fourth-order valence-corrected chi connectivity index (χ4v) is 2.69. The zero-order chi connectivity index (χ0) is 16.8. The van der Waals surface area contributed by atoms with E-state index in [1.165, 1.54) is 0 Å². The molecule has 2 aromatic rings. The molecule has 2 heterocycles. The lowest BCUT2D eigenvalue weighted by Crippen LogP contribution is -2.35.